The summed E-state index contributed by atoms with van der Waals surface area (Å²) < 4.78 is 1.86. The van der Waals surface area contributed by atoms with Gasteiger partial charge in [0.05, 0.1) is 11.7 Å². The van der Waals surface area contributed by atoms with Crippen LogP contribution < -0.4 is 5.32 Å². The van der Waals surface area contributed by atoms with Crippen molar-refractivity contribution < 1.29 is 9.59 Å². The fourth-order valence-corrected chi connectivity index (χ4v) is 3.95. The molecule has 1 atom stereocenters. The summed E-state index contributed by atoms with van der Waals surface area (Å²) in [7, 11) is 1.58. The fraction of sp³-hybridized carbons (Fsp3) is 0.348. The summed E-state index contributed by atoms with van der Waals surface area (Å²) in [5.74, 6) is -0.0778. The van der Waals surface area contributed by atoms with Crippen LogP contribution >= 0.6 is 0 Å². The van der Waals surface area contributed by atoms with E-state index in [1.807, 2.05) is 40.8 Å². The third-order valence-corrected chi connectivity index (χ3v) is 5.72. The van der Waals surface area contributed by atoms with Gasteiger partial charge < -0.3 is 10.2 Å². The van der Waals surface area contributed by atoms with Crippen molar-refractivity contribution in [2.24, 2.45) is 0 Å². The van der Waals surface area contributed by atoms with Crippen molar-refractivity contribution in [3.05, 3.63) is 66.0 Å². The molecular formula is C23H26N6O2. The zero-order chi connectivity index (χ0) is 21.8. The van der Waals surface area contributed by atoms with Crippen molar-refractivity contribution in [3.63, 3.8) is 0 Å². The van der Waals surface area contributed by atoms with E-state index >= 15 is 0 Å². The topological polar surface area (TPSA) is 93.0 Å². The van der Waals surface area contributed by atoms with Gasteiger partial charge in [0.1, 0.15) is 5.69 Å². The lowest BCUT2D eigenvalue weighted by Crippen LogP contribution is -2.31. The molecule has 8 nitrogen and oxygen atoms in total. The summed E-state index contributed by atoms with van der Waals surface area (Å²) >= 11 is 0. The number of hydrogen-bond donors (Lipinski definition) is 1. The molecule has 0 bridgehead atoms. The second-order valence-corrected chi connectivity index (χ2v) is 7.67. The van der Waals surface area contributed by atoms with Crippen LogP contribution in [0.3, 0.4) is 0 Å². The second-order valence-electron chi connectivity index (χ2n) is 7.67. The largest absolute Gasteiger partial charge is 0.354 e. The smallest absolute Gasteiger partial charge is 0.269 e. The number of aromatic nitrogens is 4. The normalized spacial score (nSPS) is 15.8. The predicted octanol–water partition coefficient (Wildman–Crippen LogP) is 2.76. The minimum atomic E-state index is -0.214. The van der Waals surface area contributed by atoms with Gasteiger partial charge in [0.25, 0.3) is 5.91 Å². The molecule has 1 N–H and O–H groups in total. The van der Waals surface area contributed by atoms with Crippen LogP contribution in [0.5, 0.6) is 0 Å². The lowest BCUT2D eigenvalue weighted by molar-refractivity contribution is -0.132. The van der Waals surface area contributed by atoms with E-state index in [0.717, 1.165) is 41.9 Å². The predicted molar refractivity (Wildman–Crippen MR) is 116 cm³/mol. The summed E-state index contributed by atoms with van der Waals surface area (Å²) in [6, 6.07) is 9.48. The fourth-order valence-electron chi connectivity index (χ4n) is 3.95. The Morgan fingerprint density at radius 3 is 2.48 bits per heavy atom. The number of rotatable bonds is 6. The van der Waals surface area contributed by atoms with Crippen LogP contribution in [0, 0.1) is 6.92 Å². The minimum Gasteiger partial charge on any atom is -0.354 e. The van der Waals surface area contributed by atoms with Crippen LogP contribution in [0.2, 0.25) is 0 Å². The molecule has 1 aliphatic rings. The molecule has 8 heteroatoms. The third-order valence-electron chi connectivity index (χ3n) is 5.72. The summed E-state index contributed by atoms with van der Waals surface area (Å²) in [4.78, 5) is 35.3. The highest BCUT2D eigenvalue weighted by atomic mass is 16.2. The highest BCUT2D eigenvalue weighted by Crippen LogP contribution is 2.32. The summed E-state index contributed by atoms with van der Waals surface area (Å²) in [6.07, 6.45) is 7.56. The van der Waals surface area contributed by atoms with E-state index in [-0.39, 0.29) is 17.9 Å². The van der Waals surface area contributed by atoms with E-state index in [4.69, 9.17) is 0 Å². The number of amides is 2. The van der Waals surface area contributed by atoms with E-state index in [1.165, 1.54) is 0 Å². The third kappa shape index (κ3) is 4.47. The summed E-state index contributed by atoms with van der Waals surface area (Å²) in [6.45, 7) is 3.34. The Morgan fingerprint density at radius 1 is 1.10 bits per heavy atom. The van der Waals surface area contributed by atoms with Gasteiger partial charge in [-0.2, -0.15) is 5.10 Å². The van der Waals surface area contributed by atoms with Crippen LogP contribution in [0.15, 0.2) is 48.9 Å². The van der Waals surface area contributed by atoms with E-state index in [1.54, 1.807) is 31.7 Å². The van der Waals surface area contributed by atoms with Gasteiger partial charge in [0, 0.05) is 62.0 Å². The van der Waals surface area contributed by atoms with E-state index in [9.17, 15) is 9.59 Å². The molecule has 0 radical (unpaired) electrons. The SMILES string of the molecule is CNC(=O)c1ccc(-c2ccc([C@@H]3CCCN3C(=O)CCn3nccc3C)nc2)cn1. The Balaban J connectivity index is 1.43. The quantitative estimate of drug-likeness (QED) is 0.664. The highest BCUT2D eigenvalue weighted by Gasteiger charge is 2.30. The zero-order valence-corrected chi connectivity index (χ0v) is 17.8. The molecule has 4 rings (SSSR count). The second kappa shape index (κ2) is 9.07. The highest BCUT2D eigenvalue weighted by molar-refractivity contribution is 5.92. The molecular weight excluding hydrogens is 392 g/mol. The van der Waals surface area contributed by atoms with Crippen molar-refractivity contribution in [2.45, 2.75) is 38.8 Å². The number of pyridine rings is 2. The Labute approximate surface area is 181 Å². The monoisotopic (exact) mass is 418 g/mol. The van der Waals surface area contributed by atoms with Crippen LogP contribution in [0.25, 0.3) is 11.1 Å². The molecule has 160 valence electrons. The summed E-state index contributed by atoms with van der Waals surface area (Å²) in [5, 5.41) is 6.82. The number of nitrogens with zero attached hydrogens (tertiary/aromatic N) is 5. The average molecular weight is 419 g/mol. The van der Waals surface area contributed by atoms with Gasteiger partial charge in [-0.25, -0.2) is 0 Å². The maximum atomic E-state index is 12.9. The Kier molecular flexibility index (Phi) is 6.06. The van der Waals surface area contributed by atoms with Gasteiger partial charge in [-0.05, 0) is 38.0 Å². The Hall–Kier alpha value is -3.55. The van der Waals surface area contributed by atoms with Gasteiger partial charge in [-0.3, -0.25) is 24.2 Å². The lowest BCUT2D eigenvalue weighted by Gasteiger charge is -2.24. The molecule has 0 spiro atoms. The molecule has 0 saturated carbocycles. The van der Waals surface area contributed by atoms with Crippen molar-refractivity contribution in [1.29, 1.82) is 0 Å². The number of aryl methyl sites for hydroxylation is 2. The molecule has 1 aliphatic heterocycles. The molecule has 1 saturated heterocycles. The maximum Gasteiger partial charge on any atom is 0.269 e. The molecule has 0 aliphatic carbocycles. The number of likely N-dealkylation sites (tertiary alicyclic amines) is 1. The molecule has 1 fully saturated rings. The maximum absolute atomic E-state index is 12.9. The molecule has 4 heterocycles. The number of carbonyl (C=O) groups is 2. The first kappa shape index (κ1) is 20.7. The van der Waals surface area contributed by atoms with Crippen molar-refractivity contribution in [2.75, 3.05) is 13.6 Å². The van der Waals surface area contributed by atoms with Crippen LogP contribution in [0.4, 0.5) is 0 Å². The van der Waals surface area contributed by atoms with Gasteiger partial charge in [-0.1, -0.05) is 12.1 Å². The van der Waals surface area contributed by atoms with Crippen molar-refractivity contribution in [3.8, 4) is 11.1 Å². The standard InChI is InChI=1S/C23H26N6O2/c1-16-9-11-27-29(16)13-10-22(30)28-12-3-4-21(28)19-7-5-17(14-25-19)18-6-8-20(26-15-18)23(31)24-2/h5-9,11,14-15,21H,3-4,10,12-13H2,1-2H3,(H,24,31)/t21-/m0/s1. The van der Waals surface area contributed by atoms with E-state index in [2.05, 4.69) is 20.4 Å². The van der Waals surface area contributed by atoms with Crippen LogP contribution in [-0.2, 0) is 11.3 Å². The molecule has 0 aromatic carbocycles. The number of nitrogens with one attached hydrogen (secondary N) is 1. The molecule has 2 amide bonds. The first-order valence-electron chi connectivity index (χ1n) is 10.5. The van der Waals surface area contributed by atoms with Gasteiger partial charge in [0.15, 0.2) is 0 Å². The lowest BCUT2D eigenvalue weighted by atomic mass is 10.1. The molecule has 3 aromatic rings. The Morgan fingerprint density at radius 2 is 1.87 bits per heavy atom. The Bertz CT molecular complexity index is 1060. The molecule has 0 unspecified atom stereocenters. The first-order chi connectivity index (χ1) is 15.1. The van der Waals surface area contributed by atoms with E-state index in [0.29, 0.717) is 18.7 Å². The number of carbonyl (C=O) groups excluding carboxylic acids is 2. The van der Waals surface area contributed by atoms with Crippen LogP contribution in [-0.4, -0.2) is 50.1 Å². The van der Waals surface area contributed by atoms with Crippen LogP contribution in [0.1, 0.15) is 47.2 Å². The first-order valence-corrected chi connectivity index (χ1v) is 10.5. The number of hydrogen-bond acceptors (Lipinski definition) is 5. The van der Waals surface area contributed by atoms with Crippen molar-refractivity contribution in [1.82, 2.24) is 30.0 Å². The van der Waals surface area contributed by atoms with E-state index < -0.39 is 0 Å². The van der Waals surface area contributed by atoms with Gasteiger partial charge in [0.2, 0.25) is 5.91 Å². The summed E-state index contributed by atoms with van der Waals surface area (Å²) in [5.41, 5.74) is 4.15. The average Bonchev–Trinajstić information content (AvgIpc) is 3.46. The van der Waals surface area contributed by atoms with Crippen molar-refractivity contribution >= 4 is 11.8 Å². The van der Waals surface area contributed by atoms with Gasteiger partial charge in [-0.15, -0.1) is 0 Å². The minimum absolute atomic E-state index is 0.00835. The molecule has 3 aromatic heterocycles. The van der Waals surface area contributed by atoms with Gasteiger partial charge >= 0.3 is 0 Å². The zero-order valence-electron chi connectivity index (χ0n) is 17.8. The molecule has 31 heavy (non-hydrogen) atoms.